The Bertz CT molecular complexity index is 483. The minimum absolute atomic E-state index is 0.0224. The van der Waals surface area contributed by atoms with Crippen LogP contribution >= 0.6 is 15.9 Å². The largest absolute Gasteiger partial charge is 0.417 e. The molecule has 104 valence electrons. The fourth-order valence-corrected chi connectivity index (χ4v) is 2.62. The molecule has 1 N–H and O–H groups in total. The van der Waals surface area contributed by atoms with E-state index in [0.717, 1.165) is 25.3 Å². The van der Waals surface area contributed by atoms with E-state index in [-0.39, 0.29) is 10.0 Å². The highest BCUT2D eigenvalue weighted by Gasteiger charge is 2.34. The Morgan fingerprint density at radius 2 is 2.05 bits per heavy atom. The van der Waals surface area contributed by atoms with Crippen molar-refractivity contribution in [2.75, 3.05) is 6.54 Å². The van der Waals surface area contributed by atoms with Gasteiger partial charge in [-0.2, -0.15) is 13.2 Å². The molecule has 0 radical (unpaired) electrons. The molecule has 2 nitrogen and oxygen atoms in total. The van der Waals surface area contributed by atoms with Crippen LogP contribution in [0.25, 0.3) is 0 Å². The van der Waals surface area contributed by atoms with Crippen LogP contribution < -0.4 is 5.32 Å². The van der Waals surface area contributed by atoms with Gasteiger partial charge in [-0.1, -0.05) is 12.5 Å². The van der Waals surface area contributed by atoms with Gasteiger partial charge >= 0.3 is 6.18 Å². The van der Waals surface area contributed by atoms with Gasteiger partial charge in [-0.25, -0.2) is 0 Å². The minimum atomic E-state index is -4.47. The smallest absolute Gasteiger partial charge is 0.352 e. The molecule has 1 aliphatic rings. The molecule has 0 atom stereocenters. The van der Waals surface area contributed by atoms with Crippen LogP contribution in [0.2, 0.25) is 0 Å². The highest BCUT2D eigenvalue weighted by atomic mass is 79.9. The van der Waals surface area contributed by atoms with Crippen molar-refractivity contribution in [2.24, 2.45) is 5.92 Å². The average molecular weight is 336 g/mol. The molecule has 1 saturated carbocycles. The quantitative estimate of drug-likeness (QED) is 0.888. The maximum Gasteiger partial charge on any atom is 0.417 e. The van der Waals surface area contributed by atoms with Gasteiger partial charge in [0, 0.05) is 11.0 Å². The van der Waals surface area contributed by atoms with E-state index in [1.165, 1.54) is 12.1 Å². The highest BCUT2D eigenvalue weighted by molar-refractivity contribution is 9.10. The molecule has 0 bridgehead atoms. The summed E-state index contributed by atoms with van der Waals surface area (Å²) in [4.78, 5) is 11.9. The Balaban J connectivity index is 2.12. The second-order valence-electron chi connectivity index (χ2n) is 4.67. The molecule has 1 amide bonds. The van der Waals surface area contributed by atoms with Crippen molar-refractivity contribution in [1.29, 1.82) is 0 Å². The van der Waals surface area contributed by atoms with E-state index in [2.05, 4.69) is 21.2 Å². The third-order valence-corrected chi connectivity index (χ3v) is 4.18. The van der Waals surface area contributed by atoms with E-state index in [1.54, 1.807) is 0 Å². The van der Waals surface area contributed by atoms with E-state index in [4.69, 9.17) is 0 Å². The maximum atomic E-state index is 12.7. The Morgan fingerprint density at radius 3 is 2.58 bits per heavy atom. The van der Waals surface area contributed by atoms with Gasteiger partial charge in [0.1, 0.15) is 0 Å². The van der Waals surface area contributed by atoms with Crippen molar-refractivity contribution in [3.63, 3.8) is 0 Å². The van der Waals surface area contributed by atoms with Crippen LogP contribution in [-0.2, 0) is 6.18 Å². The molecule has 0 saturated heterocycles. The van der Waals surface area contributed by atoms with Crippen molar-refractivity contribution >= 4 is 21.8 Å². The molecule has 1 aliphatic carbocycles. The molecule has 0 aliphatic heterocycles. The molecule has 1 fully saturated rings. The van der Waals surface area contributed by atoms with Gasteiger partial charge in [-0.05, 0) is 46.8 Å². The minimum Gasteiger partial charge on any atom is -0.352 e. The lowest BCUT2D eigenvalue weighted by Gasteiger charge is -2.25. The zero-order chi connectivity index (χ0) is 14.0. The van der Waals surface area contributed by atoms with Crippen LogP contribution in [0.5, 0.6) is 0 Å². The van der Waals surface area contributed by atoms with Crippen molar-refractivity contribution < 1.29 is 18.0 Å². The van der Waals surface area contributed by atoms with Crippen LogP contribution in [0.1, 0.15) is 35.2 Å². The van der Waals surface area contributed by atoms with E-state index < -0.39 is 17.6 Å². The van der Waals surface area contributed by atoms with Crippen molar-refractivity contribution in [3.8, 4) is 0 Å². The monoisotopic (exact) mass is 335 g/mol. The van der Waals surface area contributed by atoms with Crippen LogP contribution in [0, 0.1) is 5.92 Å². The summed E-state index contributed by atoms with van der Waals surface area (Å²) in [6.45, 7) is 0.529. The topological polar surface area (TPSA) is 29.1 Å². The van der Waals surface area contributed by atoms with Crippen LogP contribution in [0.4, 0.5) is 13.2 Å². The molecule has 1 aromatic carbocycles. The van der Waals surface area contributed by atoms with Gasteiger partial charge in [-0.3, -0.25) is 4.79 Å². The number of hydrogen-bond donors (Lipinski definition) is 1. The summed E-state index contributed by atoms with van der Waals surface area (Å²) >= 11 is 2.87. The lowest BCUT2D eigenvalue weighted by molar-refractivity contribution is -0.138. The fraction of sp³-hybridized carbons (Fsp3) is 0.462. The van der Waals surface area contributed by atoms with Gasteiger partial charge in [0.15, 0.2) is 0 Å². The number of nitrogens with one attached hydrogen (secondary N) is 1. The summed E-state index contributed by atoms with van der Waals surface area (Å²) < 4.78 is 37.9. The molecule has 2 rings (SSSR count). The first-order valence-electron chi connectivity index (χ1n) is 6.03. The molecule has 0 heterocycles. The molecular weight excluding hydrogens is 323 g/mol. The average Bonchev–Trinajstić information content (AvgIpc) is 2.25. The Kier molecular flexibility index (Phi) is 4.18. The normalized spacial score (nSPS) is 16.0. The summed E-state index contributed by atoms with van der Waals surface area (Å²) in [6, 6.07) is 3.58. The molecular formula is C13H13BrF3NO. The predicted molar refractivity (Wildman–Crippen MR) is 68.8 cm³/mol. The van der Waals surface area contributed by atoms with Crippen molar-refractivity contribution in [2.45, 2.75) is 25.4 Å². The SMILES string of the molecule is O=C(NCC1CCC1)c1cccc(C(F)(F)F)c1Br. The van der Waals surface area contributed by atoms with Gasteiger partial charge in [-0.15, -0.1) is 0 Å². The Morgan fingerprint density at radius 1 is 1.37 bits per heavy atom. The summed E-state index contributed by atoms with van der Waals surface area (Å²) in [5.74, 6) is -0.00148. The molecule has 0 unspecified atom stereocenters. The maximum absolute atomic E-state index is 12.7. The third-order valence-electron chi connectivity index (χ3n) is 3.32. The van der Waals surface area contributed by atoms with Crippen LogP contribution in [-0.4, -0.2) is 12.5 Å². The predicted octanol–water partition coefficient (Wildman–Crippen LogP) is 4.00. The second-order valence-corrected chi connectivity index (χ2v) is 5.46. The first-order valence-corrected chi connectivity index (χ1v) is 6.83. The molecule has 19 heavy (non-hydrogen) atoms. The zero-order valence-electron chi connectivity index (χ0n) is 10.1. The van der Waals surface area contributed by atoms with Gasteiger partial charge in [0.05, 0.1) is 11.1 Å². The summed E-state index contributed by atoms with van der Waals surface area (Å²) in [5.41, 5.74) is -0.807. The zero-order valence-corrected chi connectivity index (χ0v) is 11.6. The molecule has 6 heteroatoms. The molecule has 0 aromatic heterocycles. The van der Waals surface area contributed by atoms with E-state index in [9.17, 15) is 18.0 Å². The van der Waals surface area contributed by atoms with E-state index in [0.29, 0.717) is 12.5 Å². The van der Waals surface area contributed by atoms with Crippen LogP contribution in [0.15, 0.2) is 22.7 Å². The summed E-state index contributed by atoms with van der Waals surface area (Å²) in [5, 5.41) is 2.68. The second kappa shape index (κ2) is 5.53. The van der Waals surface area contributed by atoms with Crippen molar-refractivity contribution in [3.05, 3.63) is 33.8 Å². The van der Waals surface area contributed by atoms with Gasteiger partial charge in [0.2, 0.25) is 0 Å². The summed E-state index contributed by atoms with van der Waals surface area (Å²) in [7, 11) is 0. The number of carbonyl (C=O) groups excluding carboxylic acids is 1. The fourth-order valence-electron chi connectivity index (χ4n) is 1.96. The van der Waals surface area contributed by atoms with E-state index in [1.807, 2.05) is 0 Å². The number of alkyl halides is 3. The molecule has 1 aromatic rings. The Hall–Kier alpha value is -1.04. The number of carbonyl (C=O) groups is 1. The van der Waals surface area contributed by atoms with Gasteiger partial charge in [0.25, 0.3) is 5.91 Å². The number of hydrogen-bond acceptors (Lipinski definition) is 1. The number of rotatable bonds is 3. The first-order chi connectivity index (χ1) is 8.89. The third kappa shape index (κ3) is 3.29. The Labute approximate surface area is 117 Å². The summed E-state index contributed by atoms with van der Waals surface area (Å²) in [6.07, 6.45) is -1.16. The molecule has 0 spiro atoms. The lowest BCUT2D eigenvalue weighted by Crippen LogP contribution is -2.32. The number of benzene rings is 1. The lowest BCUT2D eigenvalue weighted by atomic mass is 9.85. The van der Waals surface area contributed by atoms with Crippen LogP contribution in [0.3, 0.4) is 0 Å². The highest BCUT2D eigenvalue weighted by Crippen LogP contribution is 2.36. The number of amides is 1. The number of halogens is 4. The standard InChI is InChI=1S/C13H13BrF3NO/c14-11-9(5-2-6-10(11)13(15,16)17)12(19)18-7-8-3-1-4-8/h2,5-6,8H,1,3-4,7H2,(H,18,19). The van der Waals surface area contributed by atoms with E-state index >= 15 is 0 Å². The first kappa shape index (κ1) is 14.4. The van der Waals surface area contributed by atoms with Crippen molar-refractivity contribution in [1.82, 2.24) is 5.32 Å². The van der Waals surface area contributed by atoms with Gasteiger partial charge < -0.3 is 5.32 Å².